The van der Waals surface area contributed by atoms with Crippen LogP contribution in [0.15, 0.2) is 46.9 Å². The number of carbonyl (C=O) groups excluding carboxylic acids is 1. The van der Waals surface area contributed by atoms with E-state index < -0.39 is 0 Å². The largest absolute Gasteiger partial charge is 0.492 e. The van der Waals surface area contributed by atoms with Gasteiger partial charge < -0.3 is 19.4 Å². The van der Waals surface area contributed by atoms with E-state index in [1.54, 1.807) is 37.3 Å². The molecule has 0 spiro atoms. The third-order valence-electron chi connectivity index (χ3n) is 4.44. The molecule has 1 aromatic heterocycles. The van der Waals surface area contributed by atoms with Crippen molar-refractivity contribution in [3.05, 3.63) is 53.9 Å². The first kappa shape index (κ1) is 18.9. The highest BCUT2D eigenvalue weighted by atomic mass is 16.5. The van der Waals surface area contributed by atoms with Crippen molar-refractivity contribution in [2.45, 2.75) is 20.8 Å². The van der Waals surface area contributed by atoms with E-state index in [4.69, 9.17) is 9.15 Å². The zero-order valence-corrected chi connectivity index (χ0v) is 16.0. The number of hydrogen-bond donors (Lipinski definition) is 1. The summed E-state index contributed by atoms with van der Waals surface area (Å²) in [5.41, 5.74) is 2.68. The number of carbonyl (C=O) groups is 1. The molecule has 142 valence electrons. The number of aromatic nitrogens is 1. The van der Waals surface area contributed by atoms with Gasteiger partial charge in [0.15, 0.2) is 11.5 Å². The maximum atomic E-state index is 12.4. The smallest absolute Gasteiger partial charge is 0.255 e. The van der Waals surface area contributed by atoms with Crippen LogP contribution in [0.2, 0.25) is 0 Å². The van der Waals surface area contributed by atoms with E-state index in [0.29, 0.717) is 29.3 Å². The Bertz CT molecular complexity index is 899. The van der Waals surface area contributed by atoms with Crippen molar-refractivity contribution in [3.8, 4) is 5.75 Å². The molecule has 0 aliphatic carbocycles. The highest BCUT2D eigenvalue weighted by Gasteiger charge is 2.09. The fourth-order valence-corrected chi connectivity index (χ4v) is 2.86. The summed E-state index contributed by atoms with van der Waals surface area (Å²) in [5, 5.41) is 2.88. The van der Waals surface area contributed by atoms with Gasteiger partial charge in [0.1, 0.15) is 17.9 Å². The van der Waals surface area contributed by atoms with E-state index in [-0.39, 0.29) is 5.91 Å². The van der Waals surface area contributed by atoms with Crippen molar-refractivity contribution >= 4 is 22.7 Å². The Morgan fingerprint density at radius 3 is 2.59 bits per heavy atom. The van der Waals surface area contributed by atoms with Crippen molar-refractivity contribution in [3.63, 3.8) is 0 Å². The topological polar surface area (TPSA) is 67.6 Å². The number of likely N-dealkylation sites (N-methyl/N-ethyl adjacent to an activating group) is 1. The molecule has 0 fully saturated rings. The first-order valence-corrected chi connectivity index (χ1v) is 9.22. The van der Waals surface area contributed by atoms with Gasteiger partial charge in [0.05, 0.1) is 0 Å². The van der Waals surface area contributed by atoms with Crippen molar-refractivity contribution in [2.24, 2.45) is 0 Å². The summed E-state index contributed by atoms with van der Waals surface area (Å²) < 4.78 is 11.2. The molecule has 6 nitrogen and oxygen atoms in total. The van der Waals surface area contributed by atoms with Gasteiger partial charge in [-0.25, -0.2) is 4.98 Å². The van der Waals surface area contributed by atoms with Crippen LogP contribution >= 0.6 is 0 Å². The molecule has 0 saturated carbocycles. The number of oxazole rings is 1. The van der Waals surface area contributed by atoms with Crippen LogP contribution in [0.1, 0.15) is 30.1 Å². The summed E-state index contributed by atoms with van der Waals surface area (Å²) in [6.45, 7) is 9.61. The number of fused-ring (bicyclic) bond motifs is 1. The highest BCUT2D eigenvalue weighted by molar-refractivity contribution is 6.04. The molecular weight excluding hydrogens is 342 g/mol. The SMILES string of the molecule is CCN(CC)CCOc1ccc(C(=O)Nc2ccc3oc(C)nc3c2)cc1. The van der Waals surface area contributed by atoms with Crippen LogP contribution in [0.25, 0.3) is 11.1 Å². The number of nitrogens with zero attached hydrogens (tertiary/aromatic N) is 2. The van der Waals surface area contributed by atoms with Crippen molar-refractivity contribution in [2.75, 3.05) is 31.6 Å². The Balaban J connectivity index is 1.57. The fraction of sp³-hybridized carbons (Fsp3) is 0.333. The maximum absolute atomic E-state index is 12.4. The zero-order valence-electron chi connectivity index (χ0n) is 16.0. The summed E-state index contributed by atoms with van der Waals surface area (Å²) in [4.78, 5) is 19.0. The van der Waals surface area contributed by atoms with Crippen LogP contribution in [-0.4, -0.2) is 42.0 Å². The molecule has 1 amide bonds. The lowest BCUT2D eigenvalue weighted by Gasteiger charge is -2.18. The van der Waals surface area contributed by atoms with Gasteiger partial charge in [0, 0.05) is 24.7 Å². The third kappa shape index (κ3) is 4.86. The lowest BCUT2D eigenvalue weighted by Crippen LogP contribution is -2.27. The summed E-state index contributed by atoms with van der Waals surface area (Å²) in [6, 6.07) is 12.6. The number of hydrogen-bond acceptors (Lipinski definition) is 5. The maximum Gasteiger partial charge on any atom is 0.255 e. The molecule has 0 radical (unpaired) electrons. The normalized spacial score (nSPS) is 11.1. The van der Waals surface area contributed by atoms with E-state index in [0.717, 1.165) is 30.9 Å². The fourth-order valence-electron chi connectivity index (χ4n) is 2.86. The van der Waals surface area contributed by atoms with Gasteiger partial charge in [-0.2, -0.15) is 0 Å². The second-order valence-corrected chi connectivity index (χ2v) is 6.27. The number of ether oxygens (including phenoxy) is 1. The number of aryl methyl sites for hydroxylation is 1. The number of rotatable bonds is 8. The Kier molecular flexibility index (Phi) is 6.08. The van der Waals surface area contributed by atoms with Crippen LogP contribution in [0.5, 0.6) is 5.75 Å². The minimum atomic E-state index is -0.177. The zero-order chi connectivity index (χ0) is 19.2. The molecular formula is C21H25N3O3. The number of benzene rings is 2. The summed E-state index contributed by atoms with van der Waals surface area (Å²) in [6.07, 6.45) is 0. The molecule has 0 saturated heterocycles. The monoisotopic (exact) mass is 367 g/mol. The second kappa shape index (κ2) is 8.68. The molecule has 3 aromatic rings. The molecule has 6 heteroatoms. The van der Waals surface area contributed by atoms with Gasteiger partial charge in [0.25, 0.3) is 5.91 Å². The summed E-state index contributed by atoms with van der Waals surface area (Å²) in [7, 11) is 0. The van der Waals surface area contributed by atoms with E-state index >= 15 is 0 Å². The van der Waals surface area contributed by atoms with Gasteiger partial charge in [0.2, 0.25) is 0 Å². The first-order valence-electron chi connectivity index (χ1n) is 9.22. The third-order valence-corrected chi connectivity index (χ3v) is 4.44. The van der Waals surface area contributed by atoms with E-state index in [1.807, 2.05) is 12.1 Å². The lowest BCUT2D eigenvalue weighted by atomic mass is 10.2. The quantitative estimate of drug-likeness (QED) is 0.649. The van der Waals surface area contributed by atoms with Crippen LogP contribution in [0, 0.1) is 6.92 Å². The molecule has 2 aromatic carbocycles. The molecule has 0 aliphatic rings. The predicted octanol–water partition coefficient (Wildman–Crippen LogP) is 4.11. The lowest BCUT2D eigenvalue weighted by molar-refractivity contribution is 0.102. The Morgan fingerprint density at radius 2 is 1.89 bits per heavy atom. The summed E-state index contributed by atoms with van der Waals surface area (Å²) in [5.74, 6) is 1.19. The van der Waals surface area contributed by atoms with Crippen LogP contribution < -0.4 is 10.1 Å². The molecule has 0 aliphatic heterocycles. The van der Waals surface area contributed by atoms with Gasteiger partial charge in [-0.15, -0.1) is 0 Å². The van der Waals surface area contributed by atoms with E-state index in [9.17, 15) is 4.79 Å². The predicted molar refractivity (Wildman–Crippen MR) is 106 cm³/mol. The van der Waals surface area contributed by atoms with E-state index in [2.05, 4.69) is 29.0 Å². The summed E-state index contributed by atoms with van der Waals surface area (Å²) >= 11 is 0. The minimum absolute atomic E-state index is 0.177. The van der Waals surface area contributed by atoms with Crippen LogP contribution in [0.3, 0.4) is 0 Å². The molecule has 0 atom stereocenters. The Hall–Kier alpha value is -2.86. The molecule has 0 unspecified atom stereocenters. The van der Waals surface area contributed by atoms with Crippen molar-refractivity contribution < 1.29 is 13.9 Å². The highest BCUT2D eigenvalue weighted by Crippen LogP contribution is 2.20. The number of nitrogens with one attached hydrogen (secondary N) is 1. The van der Waals surface area contributed by atoms with Crippen molar-refractivity contribution in [1.82, 2.24) is 9.88 Å². The number of anilines is 1. The van der Waals surface area contributed by atoms with Gasteiger partial charge in [-0.3, -0.25) is 4.79 Å². The second-order valence-electron chi connectivity index (χ2n) is 6.27. The first-order chi connectivity index (χ1) is 13.1. The molecule has 0 bridgehead atoms. The Labute approximate surface area is 159 Å². The van der Waals surface area contributed by atoms with Crippen LogP contribution in [-0.2, 0) is 0 Å². The average Bonchev–Trinajstić information content (AvgIpc) is 3.05. The molecule has 27 heavy (non-hydrogen) atoms. The molecule has 1 heterocycles. The standard InChI is InChI=1S/C21H25N3O3/c1-4-24(5-2)12-13-26-18-9-6-16(7-10-18)21(25)23-17-8-11-20-19(14-17)22-15(3)27-20/h6-11,14H,4-5,12-13H2,1-3H3,(H,23,25). The number of amides is 1. The van der Waals surface area contributed by atoms with E-state index in [1.165, 1.54) is 0 Å². The van der Waals surface area contributed by atoms with Gasteiger partial charge >= 0.3 is 0 Å². The van der Waals surface area contributed by atoms with Gasteiger partial charge in [-0.05, 0) is 55.6 Å². The molecule has 1 N–H and O–H groups in total. The van der Waals surface area contributed by atoms with Crippen molar-refractivity contribution in [1.29, 1.82) is 0 Å². The van der Waals surface area contributed by atoms with Crippen LogP contribution in [0.4, 0.5) is 5.69 Å². The Morgan fingerprint density at radius 1 is 1.15 bits per heavy atom. The van der Waals surface area contributed by atoms with Gasteiger partial charge in [-0.1, -0.05) is 13.8 Å². The molecule has 3 rings (SSSR count). The minimum Gasteiger partial charge on any atom is -0.492 e. The average molecular weight is 367 g/mol.